The normalized spacial score (nSPS) is 10.7. The Morgan fingerprint density at radius 3 is 2.75 bits per heavy atom. The number of tetrazole rings is 1. The maximum Gasteiger partial charge on any atom is 0.255 e. The number of carbonyl (C=O) groups is 1. The molecule has 0 spiro atoms. The summed E-state index contributed by atoms with van der Waals surface area (Å²) >= 11 is 0. The fourth-order valence-corrected chi connectivity index (χ4v) is 2.63. The molecule has 8 nitrogen and oxygen atoms in total. The summed E-state index contributed by atoms with van der Waals surface area (Å²) < 4.78 is 13.0. The largest absolute Gasteiger partial charge is 0.492 e. The minimum Gasteiger partial charge on any atom is -0.492 e. The van der Waals surface area contributed by atoms with Crippen molar-refractivity contribution in [3.05, 3.63) is 59.9 Å². The third-order valence-corrected chi connectivity index (χ3v) is 3.95. The van der Waals surface area contributed by atoms with E-state index in [1.807, 2.05) is 39.0 Å². The summed E-state index contributed by atoms with van der Waals surface area (Å²) in [5.41, 5.74) is 1.10. The summed E-state index contributed by atoms with van der Waals surface area (Å²) in [5, 5.41) is 14.5. The lowest BCUT2D eigenvalue weighted by molar-refractivity contribution is 0.102. The maximum atomic E-state index is 12.6. The summed E-state index contributed by atoms with van der Waals surface area (Å²) in [4.78, 5) is 12.6. The number of aromatic nitrogens is 4. The number of rotatable bonds is 8. The summed E-state index contributed by atoms with van der Waals surface area (Å²) in [6.07, 6.45) is 0. The summed E-state index contributed by atoms with van der Waals surface area (Å²) in [6, 6.07) is 14.4. The standard InChI is InChI=1S/C20H23N5O3/c1-4-27-18-11-6-5-10-17(18)21-20(26)15-8-7-9-16(12-15)28-13-19-22-23-24-25(19)14(2)3/h5-12,14H,4,13H2,1-3H3,(H,21,26). The fraction of sp³-hybridized carbons (Fsp3) is 0.300. The first-order valence-corrected chi connectivity index (χ1v) is 9.11. The first kappa shape index (κ1) is 19.3. The van der Waals surface area contributed by atoms with E-state index in [-0.39, 0.29) is 18.6 Å². The van der Waals surface area contributed by atoms with Gasteiger partial charge in [0.2, 0.25) is 0 Å². The van der Waals surface area contributed by atoms with Gasteiger partial charge in [0.25, 0.3) is 5.91 Å². The molecule has 3 rings (SSSR count). The highest BCUT2D eigenvalue weighted by atomic mass is 16.5. The Kier molecular flexibility index (Phi) is 6.21. The van der Waals surface area contributed by atoms with Crippen molar-refractivity contribution < 1.29 is 14.3 Å². The average molecular weight is 381 g/mol. The third-order valence-electron chi connectivity index (χ3n) is 3.95. The minimum atomic E-state index is -0.246. The molecule has 1 amide bonds. The molecular weight excluding hydrogens is 358 g/mol. The van der Waals surface area contributed by atoms with Crippen molar-refractivity contribution in [2.24, 2.45) is 0 Å². The van der Waals surface area contributed by atoms with E-state index < -0.39 is 0 Å². The van der Waals surface area contributed by atoms with Crippen molar-refractivity contribution in [3.63, 3.8) is 0 Å². The number of nitrogens with zero attached hydrogens (tertiary/aromatic N) is 4. The molecule has 1 aromatic heterocycles. The molecule has 1 heterocycles. The quantitative estimate of drug-likeness (QED) is 0.642. The molecule has 0 fully saturated rings. The molecular formula is C20H23N5O3. The van der Waals surface area contributed by atoms with Gasteiger partial charge >= 0.3 is 0 Å². The second-order valence-corrected chi connectivity index (χ2v) is 6.33. The van der Waals surface area contributed by atoms with Gasteiger partial charge in [0.05, 0.1) is 18.3 Å². The van der Waals surface area contributed by atoms with Crippen LogP contribution in [-0.2, 0) is 6.61 Å². The molecule has 0 radical (unpaired) electrons. The second-order valence-electron chi connectivity index (χ2n) is 6.33. The highest BCUT2D eigenvalue weighted by Gasteiger charge is 2.12. The van der Waals surface area contributed by atoms with Crippen LogP contribution in [0.5, 0.6) is 11.5 Å². The van der Waals surface area contributed by atoms with E-state index in [2.05, 4.69) is 20.8 Å². The molecule has 1 N–H and O–H groups in total. The molecule has 0 aliphatic rings. The average Bonchev–Trinajstić information content (AvgIpc) is 3.17. The van der Waals surface area contributed by atoms with E-state index in [9.17, 15) is 4.79 Å². The number of benzene rings is 2. The number of para-hydroxylation sites is 2. The lowest BCUT2D eigenvalue weighted by atomic mass is 10.2. The zero-order valence-electron chi connectivity index (χ0n) is 16.1. The maximum absolute atomic E-state index is 12.6. The molecule has 3 aromatic rings. The van der Waals surface area contributed by atoms with Gasteiger partial charge in [0.1, 0.15) is 18.1 Å². The van der Waals surface area contributed by atoms with E-state index in [1.165, 1.54) is 0 Å². The number of nitrogens with one attached hydrogen (secondary N) is 1. The Labute approximate surface area is 163 Å². The molecule has 0 saturated carbocycles. The van der Waals surface area contributed by atoms with Gasteiger partial charge in [0, 0.05) is 5.56 Å². The molecule has 2 aromatic carbocycles. The van der Waals surface area contributed by atoms with Gasteiger partial charge in [-0.25, -0.2) is 4.68 Å². The lowest BCUT2D eigenvalue weighted by Gasteiger charge is -2.12. The van der Waals surface area contributed by atoms with Crippen LogP contribution in [0.2, 0.25) is 0 Å². The van der Waals surface area contributed by atoms with Crippen LogP contribution in [0.25, 0.3) is 0 Å². The van der Waals surface area contributed by atoms with Gasteiger partial charge in [-0.15, -0.1) is 5.10 Å². The molecule has 0 aliphatic carbocycles. The summed E-state index contributed by atoms with van der Waals surface area (Å²) in [6.45, 7) is 6.61. The molecule has 28 heavy (non-hydrogen) atoms. The van der Waals surface area contributed by atoms with E-state index in [1.54, 1.807) is 35.0 Å². The number of hydrogen-bond donors (Lipinski definition) is 1. The fourth-order valence-electron chi connectivity index (χ4n) is 2.63. The molecule has 146 valence electrons. The minimum absolute atomic E-state index is 0.135. The SMILES string of the molecule is CCOc1ccccc1NC(=O)c1cccc(OCc2nnnn2C(C)C)c1. The van der Waals surface area contributed by atoms with Crippen LogP contribution >= 0.6 is 0 Å². The highest BCUT2D eigenvalue weighted by Crippen LogP contribution is 2.25. The summed E-state index contributed by atoms with van der Waals surface area (Å²) in [7, 11) is 0. The molecule has 8 heteroatoms. The first-order chi connectivity index (χ1) is 13.6. The second kappa shape index (κ2) is 8.98. The smallest absolute Gasteiger partial charge is 0.255 e. The molecule has 0 aliphatic heterocycles. The van der Waals surface area contributed by atoms with Crippen molar-refractivity contribution in [1.29, 1.82) is 0 Å². The van der Waals surface area contributed by atoms with Crippen LogP contribution < -0.4 is 14.8 Å². The van der Waals surface area contributed by atoms with Gasteiger partial charge in [-0.3, -0.25) is 4.79 Å². The van der Waals surface area contributed by atoms with Crippen molar-refractivity contribution in [2.75, 3.05) is 11.9 Å². The van der Waals surface area contributed by atoms with Crippen LogP contribution in [0.1, 0.15) is 43.0 Å². The number of ether oxygens (including phenoxy) is 2. The first-order valence-electron chi connectivity index (χ1n) is 9.11. The van der Waals surface area contributed by atoms with Gasteiger partial charge in [-0.05, 0) is 61.5 Å². The summed E-state index contributed by atoms with van der Waals surface area (Å²) in [5.74, 6) is 1.57. The Morgan fingerprint density at radius 1 is 1.14 bits per heavy atom. The Hall–Kier alpha value is -3.42. The Balaban J connectivity index is 1.69. The van der Waals surface area contributed by atoms with E-state index in [4.69, 9.17) is 9.47 Å². The lowest BCUT2D eigenvalue weighted by Crippen LogP contribution is -2.13. The Bertz CT molecular complexity index is 939. The van der Waals surface area contributed by atoms with Crippen molar-refractivity contribution in [3.8, 4) is 11.5 Å². The van der Waals surface area contributed by atoms with Crippen LogP contribution in [0.15, 0.2) is 48.5 Å². The number of hydrogen-bond acceptors (Lipinski definition) is 6. The van der Waals surface area contributed by atoms with Crippen LogP contribution in [0.3, 0.4) is 0 Å². The zero-order chi connectivity index (χ0) is 19.9. The Morgan fingerprint density at radius 2 is 1.96 bits per heavy atom. The molecule has 0 unspecified atom stereocenters. The van der Waals surface area contributed by atoms with Crippen LogP contribution in [-0.4, -0.2) is 32.7 Å². The predicted octanol–water partition coefficient (Wildman–Crippen LogP) is 3.48. The van der Waals surface area contributed by atoms with Gasteiger partial charge < -0.3 is 14.8 Å². The van der Waals surface area contributed by atoms with Crippen LogP contribution in [0.4, 0.5) is 5.69 Å². The molecule has 0 saturated heterocycles. The molecule has 0 bridgehead atoms. The number of anilines is 1. The van der Waals surface area contributed by atoms with Crippen molar-refractivity contribution in [1.82, 2.24) is 20.2 Å². The van der Waals surface area contributed by atoms with Crippen LogP contribution in [0, 0.1) is 0 Å². The third kappa shape index (κ3) is 4.64. The zero-order valence-corrected chi connectivity index (χ0v) is 16.1. The number of amides is 1. The van der Waals surface area contributed by atoms with Crippen molar-refractivity contribution >= 4 is 11.6 Å². The predicted molar refractivity (Wildman–Crippen MR) is 105 cm³/mol. The molecule has 0 atom stereocenters. The van der Waals surface area contributed by atoms with E-state index >= 15 is 0 Å². The number of carbonyl (C=O) groups excluding carboxylic acids is 1. The van der Waals surface area contributed by atoms with Crippen molar-refractivity contribution in [2.45, 2.75) is 33.4 Å². The van der Waals surface area contributed by atoms with Gasteiger partial charge in [-0.1, -0.05) is 18.2 Å². The topological polar surface area (TPSA) is 91.2 Å². The monoisotopic (exact) mass is 381 g/mol. The van der Waals surface area contributed by atoms with E-state index in [0.717, 1.165) is 0 Å². The highest BCUT2D eigenvalue weighted by molar-refractivity contribution is 6.05. The van der Waals surface area contributed by atoms with Gasteiger partial charge in [-0.2, -0.15) is 0 Å². The van der Waals surface area contributed by atoms with E-state index in [0.29, 0.717) is 35.2 Å². The van der Waals surface area contributed by atoms with Gasteiger partial charge in [0.15, 0.2) is 5.82 Å².